The molecule has 12 atom stereocenters. The second kappa shape index (κ2) is 20.9. The zero-order chi connectivity index (χ0) is 51.7. The van der Waals surface area contributed by atoms with Crippen molar-refractivity contribution >= 4 is 63.3 Å². The van der Waals surface area contributed by atoms with E-state index in [4.69, 9.17) is 33.2 Å². The Hall–Kier alpha value is -5.54. The van der Waals surface area contributed by atoms with E-state index >= 15 is 14.4 Å². The van der Waals surface area contributed by atoms with Crippen molar-refractivity contribution in [3.8, 4) is 0 Å². The van der Waals surface area contributed by atoms with Crippen molar-refractivity contribution in [3.63, 3.8) is 0 Å². The zero-order valence-electron chi connectivity index (χ0n) is 40.7. The minimum absolute atomic E-state index is 0.0462. The van der Waals surface area contributed by atoms with Crippen LogP contribution in [-0.2, 0) is 52.3 Å². The summed E-state index contributed by atoms with van der Waals surface area (Å²) in [7, 11) is 2.70. The maximum absolute atomic E-state index is 15.2. The highest BCUT2D eigenvalue weighted by atomic mass is 33.1. The lowest BCUT2D eigenvalue weighted by Gasteiger charge is -2.67. The normalized spacial score (nSPS) is 30.5. The topological polar surface area (TPSA) is 249 Å². The van der Waals surface area contributed by atoms with E-state index in [2.05, 4.69) is 10.3 Å². The smallest absolute Gasteiger partial charge is 0.459 e. The summed E-state index contributed by atoms with van der Waals surface area (Å²) in [4.78, 5) is 104. The quantitative estimate of drug-likeness (QED) is 0.0519. The van der Waals surface area contributed by atoms with E-state index in [0.29, 0.717) is 0 Å². The van der Waals surface area contributed by atoms with Crippen LogP contribution < -0.4 is 5.32 Å². The number of alkyl carbamates (subject to hydrolysis) is 1. The van der Waals surface area contributed by atoms with E-state index in [1.807, 2.05) is 12.1 Å². The molecule has 2 bridgehead atoms. The fraction of sp³-hybridized carbons (Fsp3) is 0.529. The Balaban J connectivity index is 1.29. The number of pyridine rings is 1. The first-order chi connectivity index (χ1) is 33.4. The van der Waals surface area contributed by atoms with Crippen molar-refractivity contribution in [2.75, 3.05) is 19.0 Å². The van der Waals surface area contributed by atoms with Crippen LogP contribution in [-0.4, -0.2) is 123 Å². The molecule has 0 spiro atoms. The van der Waals surface area contributed by atoms with Crippen molar-refractivity contribution in [3.05, 3.63) is 96.2 Å². The molecule has 71 heavy (non-hydrogen) atoms. The van der Waals surface area contributed by atoms with Gasteiger partial charge in [-0.3, -0.25) is 14.4 Å². The molecule has 2 aromatic carbocycles. The highest BCUT2D eigenvalue weighted by Crippen LogP contribution is 2.64. The number of hydrogen-bond acceptors (Lipinski definition) is 19. The maximum atomic E-state index is 15.2. The molecular formula is C51H60N2O16S2. The van der Waals surface area contributed by atoms with E-state index in [-0.39, 0.29) is 36.5 Å². The minimum atomic E-state index is -2.44. The fourth-order valence-corrected chi connectivity index (χ4v) is 12.5. The number of Topliss-reactive ketones (excluding diaryl/α,β-unsaturated/α-hetero) is 2. The third-order valence-electron chi connectivity index (χ3n) is 14.2. The summed E-state index contributed by atoms with van der Waals surface area (Å²) in [5, 5.41) is 29.1. The van der Waals surface area contributed by atoms with Crippen LogP contribution in [0.5, 0.6) is 0 Å². The lowest BCUT2D eigenvalue weighted by molar-refractivity contribution is -0.350. The van der Waals surface area contributed by atoms with Crippen molar-refractivity contribution in [2.24, 2.45) is 28.6 Å². The van der Waals surface area contributed by atoms with Crippen molar-refractivity contribution in [1.82, 2.24) is 10.3 Å². The molecule has 3 N–H and O–H groups in total. The number of hydrogen-bond donors (Lipinski definition) is 3. The average molecular weight is 1020 g/mol. The van der Waals surface area contributed by atoms with E-state index in [0.717, 1.165) is 11.9 Å². The number of aliphatic hydroxyl groups excluding tert-OH is 1. The summed E-state index contributed by atoms with van der Waals surface area (Å²) in [6.45, 7) is 11.5. The first kappa shape index (κ1) is 53.3. The van der Waals surface area contributed by atoms with Gasteiger partial charge in [0, 0.05) is 49.0 Å². The number of ketones is 2. The number of carbonyl (C=O) groups is 7. The van der Waals surface area contributed by atoms with Gasteiger partial charge in [-0.25, -0.2) is 24.2 Å². The van der Waals surface area contributed by atoms with Crippen LogP contribution in [0.1, 0.15) is 90.2 Å². The first-order valence-electron chi connectivity index (χ1n) is 23.3. The van der Waals surface area contributed by atoms with Gasteiger partial charge in [0.15, 0.2) is 5.60 Å². The lowest BCUT2D eigenvalue weighted by Crippen LogP contribution is -2.82. The standard InChI is InChI=1S/C51H60N2O16S2/c1-28-32(65-44(59)39(66-46(61)63-23-24-70-71-35-21-15-16-22-52-35)37(30-17-11-9-12-18-30)53-45(60)69-47(3,4)5)26-51(62)42(67-43(58)31-19-13-10-14-20-31)40-49(8,41(57)38(56)36(28)48(51,6)7)33(55)25-34-50(40,27-64-34)68-29(2)54/h9-22,28,32-34,36-37,39-40,42,55,62H,23-27H2,1-8H3,(H,53,60)/t28?,32-,33-,34+,36?,37-,39+,40?,42-,49+,50-,51+/m0/s1. The Labute approximate surface area is 419 Å². The molecule has 382 valence electrons. The number of nitrogens with zero attached hydrogens (tertiary/aromatic N) is 1. The monoisotopic (exact) mass is 1020 g/mol. The number of amides is 1. The third kappa shape index (κ3) is 10.5. The number of rotatable bonds is 14. The number of nitrogens with one attached hydrogen (secondary N) is 1. The molecule has 1 aliphatic heterocycles. The largest absolute Gasteiger partial charge is 0.509 e. The Morgan fingerprint density at radius 2 is 1.61 bits per heavy atom. The van der Waals surface area contributed by atoms with Crippen molar-refractivity contribution in [1.29, 1.82) is 0 Å². The Bertz CT molecular complexity index is 2480. The van der Waals surface area contributed by atoms with Gasteiger partial charge < -0.3 is 48.7 Å². The SMILES string of the molecule is CC(=O)O[C@@]12CO[C@@H]1C[C@H](O)[C@@]1(C)C(=O)C(=O)C3C(C)[C@@H](OC(=O)[C@H](OC(=O)OCCSSc4ccccn4)[C@@H](NC(=O)OC(C)(C)C)c4ccccc4)C[C@@](O)([C@@H](OC(=O)c4ccccc4)C12)C3(C)C. The summed E-state index contributed by atoms with van der Waals surface area (Å²) < 4.78 is 41.3. The van der Waals surface area contributed by atoms with Crippen LogP contribution >= 0.6 is 21.6 Å². The summed E-state index contributed by atoms with van der Waals surface area (Å²) in [6.07, 6.45) is -9.55. The molecule has 18 nitrogen and oxygen atoms in total. The number of aliphatic hydroxyl groups is 2. The number of carbonyl (C=O) groups excluding carboxylic acids is 7. The molecule has 3 unspecified atom stereocenters. The van der Waals surface area contributed by atoms with Gasteiger partial charge in [-0.2, -0.15) is 0 Å². The number of benzene rings is 2. The first-order valence-corrected chi connectivity index (χ1v) is 25.6. The molecule has 3 saturated carbocycles. The van der Waals surface area contributed by atoms with Crippen LogP contribution in [0.2, 0.25) is 0 Å². The van der Waals surface area contributed by atoms with Crippen molar-refractivity contribution < 1.29 is 76.9 Å². The van der Waals surface area contributed by atoms with Gasteiger partial charge in [0.2, 0.25) is 17.7 Å². The van der Waals surface area contributed by atoms with Crippen LogP contribution in [0.4, 0.5) is 9.59 Å². The van der Waals surface area contributed by atoms with Gasteiger partial charge in [0.25, 0.3) is 0 Å². The van der Waals surface area contributed by atoms with Gasteiger partial charge in [-0.05, 0) is 68.3 Å². The highest BCUT2D eigenvalue weighted by molar-refractivity contribution is 8.76. The molecule has 2 heterocycles. The molecular weight excluding hydrogens is 961 g/mol. The fourth-order valence-electron chi connectivity index (χ4n) is 10.8. The van der Waals surface area contributed by atoms with E-state index < -0.39 is 130 Å². The third-order valence-corrected chi connectivity index (χ3v) is 16.5. The molecule has 1 saturated heterocycles. The second-order valence-corrected chi connectivity index (χ2v) is 22.6. The summed E-state index contributed by atoms with van der Waals surface area (Å²) in [6, 6.07) is 19.8. The Morgan fingerprint density at radius 3 is 2.21 bits per heavy atom. The van der Waals surface area contributed by atoms with Gasteiger partial charge in [-0.1, -0.05) is 86.2 Å². The molecule has 4 fully saturated rings. The summed E-state index contributed by atoms with van der Waals surface area (Å²) in [5.74, 6) is -9.05. The summed E-state index contributed by atoms with van der Waals surface area (Å²) in [5.41, 5.74) is -8.77. The number of fused-ring (bicyclic) bond motifs is 5. The molecule has 3 aromatic rings. The lowest BCUT2D eigenvalue weighted by atomic mass is 9.42. The molecule has 1 amide bonds. The Kier molecular flexibility index (Phi) is 15.7. The minimum Gasteiger partial charge on any atom is -0.459 e. The van der Waals surface area contributed by atoms with E-state index in [1.165, 1.54) is 54.5 Å². The van der Waals surface area contributed by atoms with Crippen molar-refractivity contribution in [2.45, 2.75) is 127 Å². The molecule has 4 aliphatic rings. The predicted molar refractivity (Wildman–Crippen MR) is 255 cm³/mol. The van der Waals surface area contributed by atoms with Crippen LogP contribution in [0.15, 0.2) is 90.1 Å². The summed E-state index contributed by atoms with van der Waals surface area (Å²) >= 11 is 0. The van der Waals surface area contributed by atoms with E-state index in [9.17, 15) is 29.4 Å². The molecule has 1 aromatic heterocycles. The van der Waals surface area contributed by atoms with Gasteiger partial charge in [0.05, 0.1) is 29.6 Å². The predicted octanol–water partition coefficient (Wildman–Crippen LogP) is 6.40. The maximum Gasteiger partial charge on any atom is 0.509 e. The molecule has 7 rings (SSSR count). The molecule has 0 radical (unpaired) electrons. The number of ether oxygens (including phenoxy) is 7. The van der Waals surface area contributed by atoms with Crippen LogP contribution in [0.3, 0.4) is 0 Å². The van der Waals surface area contributed by atoms with Crippen LogP contribution in [0, 0.1) is 28.6 Å². The van der Waals surface area contributed by atoms with Gasteiger partial charge >= 0.3 is 30.2 Å². The number of aromatic nitrogens is 1. The van der Waals surface area contributed by atoms with Gasteiger partial charge in [0.1, 0.15) is 47.2 Å². The number of esters is 3. The highest BCUT2D eigenvalue weighted by Gasteiger charge is 2.79. The zero-order valence-corrected chi connectivity index (χ0v) is 42.3. The van der Waals surface area contributed by atoms with Gasteiger partial charge in [-0.15, -0.1) is 0 Å². The second-order valence-electron chi connectivity index (χ2n) is 20.2. The van der Waals surface area contributed by atoms with E-state index in [1.54, 1.807) is 88.5 Å². The Morgan fingerprint density at radius 1 is 0.944 bits per heavy atom. The average Bonchev–Trinajstić information content (AvgIpc) is 3.31. The molecule has 20 heteroatoms. The molecule has 3 aliphatic carbocycles. The van der Waals surface area contributed by atoms with Crippen LogP contribution in [0.25, 0.3) is 0 Å².